The van der Waals surface area contributed by atoms with Crippen molar-refractivity contribution < 1.29 is 14.3 Å². The predicted octanol–water partition coefficient (Wildman–Crippen LogP) is 2.96. The molecule has 0 aromatic carbocycles. The molecule has 3 fully saturated rings. The molecule has 0 bridgehead atoms. The lowest BCUT2D eigenvalue weighted by Crippen LogP contribution is -2.52. The maximum Gasteiger partial charge on any atom is 0.410 e. The maximum atomic E-state index is 12.8. The van der Waals surface area contributed by atoms with Crippen molar-refractivity contribution in [3.63, 3.8) is 0 Å². The molecular weight excluding hydrogens is 509 g/mol. The van der Waals surface area contributed by atoms with Gasteiger partial charge in [-0.1, -0.05) is 0 Å². The summed E-state index contributed by atoms with van der Waals surface area (Å²) in [4.78, 5) is 33.5. The predicted molar refractivity (Wildman–Crippen MR) is 133 cm³/mol. The Hall–Kier alpha value is -1.26. The summed E-state index contributed by atoms with van der Waals surface area (Å²) in [5.41, 5.74) is -0.481. The highest BCUT2D eigenvalue weighted by Crippen LogP contribution is 2.32. The Balaban J connectivity index is 0.00000341. The van der Waals surface area contributed by atoms with E-state index in [-0.39, 0.29) is 48.6 Å². The fourth-order valence-corrected chi connectivity index (χ4v) is 3.73. The van der Waals surface area contributed by atoms with Crippen LogP contribution in [0.5, 0.6) is 0 Å². The van der Waals surface area contributed by atoms with Crippen molar-refractivity contribution in [1.82, 2.24) is 20.4 Å². The number of guanidine groups is 1. The first kappa shape index (κ1) is 26.0. The Morgan fingerprint density at radius 1 is 1.10 bits per heavy atom. The van der Waals surface area contributed by atoms with Crippen LogP contribution in [0.4, 0.5) is 4.79 Å². The summed E-state index contributed by atoms with van der Waals surface area (Å²) in [5.74, 6) is 1.40. The summed E-state index contributed by atoms with van der Waals surface area (Å²) in [7, 11) is 0. The number of aliphatic imine (C=N–C) groups is 1. The van der Waals surface area contributed by atoms with Crippen molar-refractivity contribution in [2.45, 2.75) is 83.9 Å². The van der Waals surface area contributed by atoms with E-state index in [4.69, 9.17) is 4.74 Å². The van der Waals surface area contributed by atoms with E-state index in [2.05, 4.69) is 20.5 Å². The van der Waals surface area contributed by atoms with Gasteiger partial charge in [-0.15, -0.1) is 24.0 Å². The Labute approximate surface area is 203 Å². The molecule has 31 heavy (non-hydrogen) atoms. The zero-order valence-corrected chi connectivity index (χ0v) is 21.8. The monoisotopic (exact) mass is 549 g/mol. The van der Waals surface area contributed by atoms with Crippen LogP contribution in [0.15, 0.2) is 4.99 Å². The molecule has 2 amide bonds. The van der Waals surface area contributed by atoms with Crippen LogP contribution in [0.2, 0.25) is 0 Å². The number of carbonyl (C=O) groups excluding carboxylic acids is 2. The zero-order chi connectivity index (χ0) is 21.7. The van der Waals surface area contributed by atoms with Crippen LogP contribution in [0, 0.1) is 5.92 Å². The molecule has 9 heteroatoms. The molecule has 0 aromatic rings. The molecule has 0 unspecified atom stereocenters. The lowest BCUT2D eigenvalue weighted by atomic mass is 10.0. The summed E-state index contributed by atoms with van der Waals surface area (Å²) in [6.45, 7) is 11.1. The molecular formula is C22H40IN5O3. The highest BCUT2D eigenvalue weighted by Gasteiger charge is 2.35. The molecule has 0 spiro atoms. The number of carbonyl (C=O) groups is 2. The Kier molecular flexibility index (Phi) is 9.69. The van der Waals surface area contributed by atoms with Gasteiger partial charge >= 0.3 is 6.09 Å². The van der Waals surface area contributed by atoms with E-state index >= 15 is 0 Å². The van der Waals surface area contributed by atoms with E-state index in [1.807, 2.05) is 32.6 Å². The second kappa shape index (κ2) is 11.6. The van der Waals surface area contributed by atoms with E-state index in [0.717, 1.165) is 57.8 Å². The summed E-state index contributed by atoms with van der Waals surface area (Å²) < 4.78 is 5.69. The van der Waals surface area contributed by atoms with Gasteiger partial charge in [-0.3, -0.25) is 4.79 Å². The first-order chi connectivity index (χ1) is 14.2. The molecule has 3 rings (SSSR count). The number of rotatable bonds is 7. The van der Waals surface area contributed by atoms with Crippen LogP contribution in [0.25, 0.3) is 0 Å². The van der Waals surface area contributed by atoms with Crippen molar-refractivity contribution in [3.05, 3.63) is 0 Å². The van der Waals surface area contributed by atoms with E-state index in [0.29, 0.717) is 12.0 Å². The van der Waals surface area contributed by atoms with Crippen molar-refractivity contribution >= 4 is 41.9 Å². The lowest BCUT2D eigenvalue weighted by Gasteiger charge is -2.40. The quantitative estimate of drug-likeness (QED) is 0.290. The van der Waals surface area contributed by atoms with Crippen LogP contribution in [0.3, 0.4) is 0 Å². The molecule has 178 valence electrons. The fourth-order valence-electron chi connectivity index (χ4n) is 3.73. The van der Waals surface area contributed by atoms with Gasteiger partial charge in [0.15, 0.2) is 5.96 Å². The SMILES string of the molecule is CCNC(=NCC(=O)NC1CC1)N1CCC(N(CC2CC2)C(=O)OC(C)(C)C)CC1.I. The van der Waals surface area contributed by atoms with E-state index in [9.17, 15) is 9.59 Å². The van der Waals surface area contributed by atoms with Crippen molar-refractivity contribution in [3.8, 4) is 0 Å². The van der Waals surface area contributed by atoms with Crippen LogP contribution < -0.4 is 10.6 Å². The number of hydrogen-bond donors (Lipinski definition) is 2. The van der Waals surface area contributed by atoms with Crippen molar-refractivity contribution in [2.75, 3.05) is 32.7 Å². The molecule has 2 N–H and O–H groups in total. The second-order valence-electron chi connectivity index (χ2n) is 9.81. The number of ether oxygens (including phenoxy) is 1. The van der Waals surface area contributed by atoms with E-state index in [1.165, 1.54) is 12.8 Å². The average molecular weight is 549 g/mol. The minimum absolute atomic E-state index is 0. The highest BCUT2D eigenvalue weighted by atomic mass is 127. The Bertz CT molecular complexity index is 636. The van der Waals surface area contributed by atoms with Gasteiger partial charge in [0.1, 0.15) is 12.1 Å². The van der Waals surface area contributed by atoms with Gasteiger partial charge in [-0.05, 0) is 72.1 Å². The largest absolute Gasteiger partial charge is 0.444 e. The Morgan fingerprint density at radius 2 is 1.74 bits per heavy atom. The molecule has 2 saturated carbocycles. The third-order valence-corrected chi connectivity index (χ3v) is 5.63. The summed E-state index contributed by atoms with van der Waals surface area (Å²) in [6, 6.07) is 0.550. The third kappa shape index (κ3) is 9.02. The first-order valence-corrected chi connectivity index (χ1v) is 11.6. The van der Waals surface area contributed by atoms with Gasteiger partial charge in [0.2, 0.25) is 5.91 Å². The molecule has 1 heterocycles. The fraction of sp³-hybridized carbons (Fsp3) is 0.864. The average Bonchev–Trinajstić information content (AvgIpc) is 3.58. The number of hydrogen-bond acceptors (Lipinski definition) is 4. The highest BCUT2D eigenvalue weighted by molar-refractivity contribution is 14.0. The molecule has 3 aliphatic rings. The summed E-state index contributed by atoms with van der Waals surface area (Å²) >= 11 is 0. The number of piperidine rings is 1. The van der Waals surface area contributed by atoms with E-state index < -0.39 is 5.60 Å². The molecule has 1 saturated heterocycles. The molecule has 0 aromatic heterocycles. The van der Waals surface area contributed by atoms with Gasteiger partial charge in [0.25, 0.3) is 0 Å². The smallest absolute Gasteiger partial charge is 0.410 e. The molecule has 0 radical (unpaired) electrons. The minimum atomic E-state index is -0.481. The molecule has 1 aliphatic heterocycles. The van der Waals surface area contributed by atoms with Crippen molar-refractivity contribution in [1.29, 1.82) is 0 Å². The van der Waals surface area contributed by atoms with Gasteiger partial charge in [0.05, 0.1) is 0 Å². The minimum Gasteiger partial charge on any atom is -0.444 e. The number of halogens is 1. The zero-order valence-electron chi connectivity index (χ0n) is 19.5. The van der Waals surface area contributed by atoms with E-state index in [1.54, 1.807) is 0 Å². The van der Waals surface area contributed by atoms with Crippen molar-refractivity contribution in [2.24, 2.45) is 10.9 Å². The normalized spacial score (nSPS) is 20.0. The standard InChI is InChI=1S/C22H39N5O3.HI/c1-5-23-20(24-14-19(28)25-17-8-9-17)26-12-10-18(11-13-26)27(15-16-6-7-16)21(29)30-22(2,3)4;/h16-18H,5-15H2,1-4H3,(H,23,24)(H,25,28);1H. The first-order valence-electron chi connectivity index (χ1n) is 11.6. The molecule has 0 atom stereocenters. The number of nitrogens with one attached hydrogen (secondary N) is 2. The maximum absolute atomic E-state index is 12.8. The number of amides is 2. The van der Waals surface area contributed by atoms with Gasteiger partial charge in [-0.25, -0.2) is 9.79 Å². The van der Waals surface area contributed by atoms with Crippen LogP contribution in [0.1, 0.15) is 66.2 Å². The lowest BCUT2D eigenvalue weighted by molar-refractivity contribution is -0.119. The summed E-state index contributed by atoms with van der Waals surface area (Å²) in [6.07, 6.45) is 6.15. The Morgan fingerprint density at radius 3 is 2.26 bits per heavy atom. The summed E-state index contributed by atoms with van der Waals surface area (Å²) in [5, 5.41) is 6.29. The van der Waals surface area contributed by atoms with Crippen LogP contribution >= 0.6 is 24.0 Å². The van der Waals surface area contributed by atoms with Crippen LogP contribution in [-0.2, 0) is 9.53 Å². The molecule has 8 nitrogen and oxygen atoms in total. The van der Waals surface area contributed by atoms with Gasteiger partial charge in [0, 0.05) is 38.3 Å². The second-order valence-corrected chi connectivity index (χ2v) is 9.81. The van der Waals surface area contributed by atoms with Gasteiger partial charge < -0.3 is 25.2 Å². The van der Waals surface area contributed by atoms with Crippen LogP contribution in [-0.4, -0.2) is 78.2 Å². The topological polar surface area (TPSA) is 86.3 Å². The third-order valence-electron chi connectivity index (χ3n) is 5.63. The molecule has 2 aliphatic carbocycles. The van der Waals surface area contributed by atoms with Gasteiger partial charge in [-0.2, -0.15) is 0 Å². The number of likely N-dealkylation sites (tertiary alicyclic amines) is 1. The number of nitrogens with zero attached hydrogens (tertiary/aromatic N) is 3.